The van der Waals surface area contributed by atoms with Crippen LogP contribution in [0, 0.1) is 0 Å². The molecule has 1 aromatic heterocycles. The molecule has 8 nitrogen and oxygen atoms in total. The number of nitrogen functional groups attached to an aromatic ring is 1. The fourth-order valence-electron chi connectivity index (χ4n) is 1.92. The molecule has 0 spiro atoms. The number of rotatable bonds is 3. The van der Waals surface area contributed by atoms with Crippen molar-refractivity contribution in [3.05, 3.63) is 6.33 Å². The largest absolute Gasteiger partial charge is 0.367 e. The second-order valence-electron chi connectivity index (χ2n) is 4.36. The van der Waals surface area contributed by atoms with Gasteiger partial charge in [0.05, 0.1) is 11.5 Å². The van der Waals surface area contributed by atoms with Crippen molar-refractivity contribution in [1.29, 1.82) is 0 Å². The Hall–Kier alpha value is -1.64. The molecule has 2 rings (SSSR count). The van der Waals surface area contributed by atoms with E-state index in [1.807, 2.05) is 0 Å². The van der Waals surface area contributed by atoms with Crippen LogP contribution in [0.4, 0.5) is 5.95 Å². The molecule has 0 saturated carbocycles. The molecule has 1 atom stereocenters. The van der Waals surface area contributed by atoms with E-state index in [1.54, 1.807) is 7.05 Å². The van der Waals surface area contributed by atoms with E-state index in [0.29, 0.717) is 6.42 Å². The first-order valence-corrected chi connectivity index (χ1v) is 7.30. The van der Waals surface area contributed by atoms with Crippen molar-refractivity contribution >= 4 is 21.7 Å². The molecular weight excluding hydrogens is 258 g/mol. The van der Waals surface area contributed by atoms with Crippen molar-refractivity contribution in [2.24, 2.45) is 0 Å². The molecule has 0 radical (unpaired) electrons. The summed E-state index contributed by atoms with van der Waals surface area (Å²) >= 11 is 0. The van der Waals surface area contributed by atoms with Crippen LogP contribution >= 0.6 is 0 Å². The Morgan fingerprint density at radius 1 is 1.67 bits per heavy atom. The summed E-state index contributed by atoms with van der Waals surface area (Å²) in [5.41, 5.74) is 5.34. The van der Waals surface area contributed by atoms with E-state index in [2.05, 4.69) is 10.1 Å². The van der Waals surface area contributed by atoms with E-state index >= 15 is 0 Å². The average Bonchev–Trinajstić information content (AvgIpc) is 2.83. The van der Waals surface area contributed by atoms with Crippen LogP contribution in [-0.2, 0) is 21.2 Å². The molecular formula is C9H15N5O3S. The number of hydrogen-bond acceptors (Lipinski definition) is 6. The van der Waals surface area contributed by atoms with E-state index in [-0.39, 0.29) is 35.9 Å². The van der Waals surface area contributed by atoms with Crippen molar-refractivity contribution < 1.29 is 13.2 Å². The number of carbonyl (C=O) groups is 1. The van der Waals surface area contributed by atoms with Crippen LogP contribution in [0.1, 0.15) is 6.42 Å². The third kappa shape index (κ3) is 2.78. The van der Waals surface area contributed by atoms with E-state index in [0.717, 1.165) is 0 Å². The molecule has 0 aliphatic carbocycles. The summed E-state index contributed by atoms with van der Waals surface area (Å²) in [6, 6.07) is -0.247. The summed E-state index contributed by atoms with van der Waals surface area (Å²) in [5, 5.41) is 3.81. The van der Waals surface area contributed by atoms with Gasteiger partial charge >= 0.3 is 0 Å². The number of sulfone groups is 1. The minimum atomic E-state index is -2.99. The third-order valence-corrected chi connectivity index (χ3v) is 4.75. The number of amides is 1. The fraction of sp³-hybridized carbons (Fsp3) is 0.667. The molecule has 100 valence electrons. The van der Waals surface area contributed by atoms with Crippen molar-refractivity contribution in [2.75, 3.05) is 24.3 Å². The summed E-state index contributed by atoms with van der Waals surface area (Å²) < 4.78 is 24.0. The zero-order valence-corrected chi connectivity index (χ0v) is 10.8. The van der Waals surface area contributed by atoms with Gasteiger partial charge in [-0.15, -0.1) is 5.10 Å². The molecule has 1 unspecified atom stereocenters. The molecule has 0 aromatic carbocycles. The molecule has 2 N–H and O–H groups in total. The maximum Gasteiger partial charge on any atom is 0.244 e. The Morgan fingerprint density at radius 3 is 2.89 bits per heavy atom. The SMILES string of the molecule is CN(C(=O)Cn1cnc(N)n1)C1CCS(=O)(=O)C1. The van der Waals surface area contributed by atoms with Gasteiger partial charge in [0, 0.05) is 13.1 Å². The van der Waals surface area contributed by atoms with Crippen molar-refractivity contribution in [3.63, 3.8) is 0 Å². The fourth-order valence-corrected chi connectivity index (χ4v) is 3.69. The van der Waals surface area contributed by atoms with Gasteiger partial charge in [-0.25, -0.2) is 18.1 Å². The average molecular weight is 273 g/mol. The third-order valence-electron chi connectivity index (χ3n) is 3.00. The van der Waals surface area contributed by atoms with Crippen LogP contribution < -0.4 is 5.73 Å². The predicted molar refractivity (Wildman–Crippen MR) is 64.3 cm³/mol. The number of hydrogen-bond donors (Lipinski definition) is 1. The van der Waals surface area contributed by atoms with E-state index < -0.39 is 9.84 Å². The number of likely N-dealkylation sites (N-methyl/N-ethyl adjacent to an activating group) is 1. The summed E-state index contributed by atoms with van der Waals surface area (Å²) in [6.07, 6.45) is 1.86. The molecule has 1 aliphatic heterocycles. The Morgan fingerprint density at radius 2 is 2.39 bits per heavy atom. The highest BCUT2D eigenvalue weighted by Crippen LogP contribution is 2.16. The van der Waals surface area contributed by atoms with Crippen molar-refractivity contribution in [3.8, 4) is 0 Å². The maximum absolute atomic E-state index is 11.9. The number of nitrogens with zero attached hydrogens (tertiary/aromatic N) is 4. The Balaban J connectivity index is 1.97. The van der Waals surface area contributed by atoms with Crippen LogP contribution in [0.5, 0.6) is 0 Å². The van der Waals surface area contributed by atoms with Crippen LogP contribution in [0.25, 0.3) is 0 Å². The van der Waals surface area contributed by atoms with Crippen LogP contribution in [-0.4, -0.2) is 58.6 Å². The highest BCUT2D eigenvalue weighted by atomic mass is 32.2. The first kappa shape index (κ1) is 12.8. The first-order chi connectivity index (χ1) is 8.37. The van der Waals surface area contributed by atoms with Crippen LogP contribution in [0.15, 0.2) is 6.33 Å². The number of aromatic nitrogens is 3. The summed E-state index contributed by atoms with van der Waals surface area (Å²) in [5.74, 6) is 0.0798. The van der Waals surface area contributed by atoms with Gasteiger partial charge in [-0.05, 0) is 6.42 Å². The van der Waals surface area contributed by atoms with Gasteiger partial charge in [-0.2, -0.15) is 0 Å². The molecule has 1 aliphatic rings. The van der Waals surface area contributed by atoms with Gasteiger partial charge in [0.25, 0.3) is 0 Å². The standard InChI is InChI=1S/C9H15N5O3S/c1-13(7-2-3-18(16,17)5-7)8(15)4-14-6-11-9(10)12-14/h6-7H,2-5H2,1H3,(H2,10,12). The van der Waals surface area contributed by atoms with Gasteiger partial charge in [0.2, 0.25) is 11.9 Å². The summed E-state index contributed by atoms with van der Waals surface area (Å²) in [6.45, 7) is 0.0112. The molecule has 1 amide bonds. The molecule has 1 aromatic rings. The summed E-state index contributed by atoms with van der Waals surface area (Å²) in [4.78, 5) is 17.1. The smallest absolute Gasteiger partial charge is 0.244 e. The highest BCUT2D eigenvalue weighted by Gasteiger charge is 2.32. The maximum atomic E-state index is 11.9. The normalized spacial score (nSPS) is 21.9. The van der Waals surface area contributed by atoms with Crippen molar-refractivity contribution in [2.45, 2.75) is 19.0 Å². The second kappa shape index (κ2) is 4.56. The molecule has 2 heterocycles. The molecule has 9 heteroatoms. The first-order valence-electron chi connectivity index (χ1n) is 5.48. The van der Waals surface area contributed by atoms with E-state index in [4.69, 9.17) is 5.73 Å². The summed E-state index contributed by atoms with van der Waals surface area (Å²) in [7, 11) is -1.39. The van der Waals surface area contributed by atoms with Crippen molar-refractivity contribution in [1.82, 2.24) is 19.7 Å². The lowest BCUT2D eigenvalue weighted by atomic mass is 10.2. The minimum absolute atomic E-state index is 0.0112. The van der Waals surface area contributed by atoms with E-state index in [1.165, 1.54) is 15.9 Å². The van der Waals surface area contributed by atoms with Gasteiger partial charge in [-0.1, -0.05) is 0 Å². The van der Waals surface area contributed by atoms with Gasteiger partial charge in [-0.3, -0.25) is 4.79 Å². The molecule has 18 heavy (non-hydrogen) atoms. The second-order valence-corrected chi connectivity index (χ2v) is 6.59. The number of nitrogens with two attached hydrogens (primary N) is 1. The Bertz CT molecular complexity index is 552. The van der Waals surface area contributed by atoms with Gasteiger partial charge in [0.1, 0.15) is 12.9 Å². The minimum Gasteiger partial charge on any atom is -0.367 e. The predicted octanol–water partition coefficient (Wildman–Crippen LogP) is -1.49. The zero-order valence-electron chi connectivity index (χ0n) is 9.98. The van der Waals surface area contributed by atoms with Crippen LogP contribution in [0.2, 0.25) is 0 Å². The molecule has 1 saturated heterocycles. The Kier molecular flexibility index (Phi) is 3.24. The lowest BCUT2D eigenvalue weighted by Crippen LogP contribution is -2.39. The molecule has 1 fully saturated rings. The zero-order chi connectivity index (χ0) is 13.3. The van der Waals surface area contributed by atoms with E-state index in [9.17, 15) is 13.2 Å². The van der Waals surface area contributed by atoms with Gasteiger partial charge in [0.15, 0.2) is 9.84 Å². The van der Waals surface area contributed by atoms with Gasteiger partial charge < -0.3 is 10.6 Å². The number of anilines is 1. The quantitative estimate of drug-likeness (QED) is 0.718. The Labute approximate surface area is 105 Å². The van der Waals surface area contributed by atoms with Crippen LogP contribution in [0.3, 0.4) is 0 Å². The molecule has 0 bridgehead atoms. The lowest BCUT2D eigenvalue weighted by Gasteiger charge is -2.23. The number of carbonyl (C=O) groups excluding carboxylic acids is 1. The topological polar surface area (TPSA) is 111 Å². The monoisotopic (exact) mass is 273 g/mol. The lowest BCUT2D eigenvalue weighted by molar-refractivity contribution is -0.132. The highest BCUT2D eigenvalue weighted by molar-refractivity contribution is 7.91.